The number of nitrogens with two attached hydrogens (primary N) is 1. The van der Waals surface area contributed by atoms with Crippen LogP contribution < -0.4 is 10.5 Å². The Kier molecular flexibility index (Phi) is 3.18. The molecule has 1 aromatic rings. The minimum absolute atomic E-state index is 0.0592. The molecule has 4 nitrogen and oxygen atoms in total. The van der Waals surface area contributed by atoms with Crippen LogP contribution in [0, 0.1) is 0 Å². The van der Waals surface area contributed by atoms with Crippen LogP contribution in [0.4, 0.5) is 0 Å². The largest absolute Gasteiger partial charge is 0.472 e. The Bertz CT molecular complexity index is 322. The summed E-state index contributed by atoms with van der Waals surface area (Å²) in [6.07, 6.45) is 2.77. The lowest BCUT2D eigenvalue weighted by Gasteiger charge is -2.15. The quantitative estimate of drug-likeness (QED) is 0.812. The van der Waals surface area contributed by atoms with E-state index in [2.05, 4.69) is 4.98 Å². The fourth-order valence-corrected chi connectivity index (χ4v) is 1.61. The average molecular weight is 208 g/mol. The highest BCUT2D eigenvalue weighted by atomic mass is 16.5. The first-order valence-corrected chi connectivity index (χ1v) is 5.22. The van der Waals surface area contributed by atoms with Gasteiger partial charge in [-0.2, -0.15) is 0 Å². The molecule has 1 aliphatic rings. The summed E-state index contributed by atoms with van der Waals surface area (Å²) in [5, 5.41) is 0. The molecule has 2 rings (SSSR count). The van der Waals surface area contributed by atoms with E-state index in [1.165, 1.54) is 0 Å². The lowest BCUT2D eigenvalue weighted by Crippen LogP contribution is -2.19. The molecule has 1 fully saturated rings. The van der Waals surface area contributed by atoms with Crippen LogP contribution in [0.25, 0.3) is 0 Å². The van der Waals surface area contributed by atoms with Crippen LogP contribution in [0.5, 0.6) is 5.88 Å². The maximum absolute atomic E-state index is 5.84. The highest BCUT2D eigenvalue weighted by Crippen LogP contribution is 2.23. The summed E-state index contributed by atoms with van der Waals surface area (Å²) in [7, 11) is 0. The third kappa shape index (κ3) is 2.46. The average Bonchev–Trinajstić information content (AvgIpc) is 2.71. The van der Waals surface area contributed by atoms with Gasteiger partial charge in [0.25, 0.3) is 0 Å². The first-order valence-electron chi connectivity index (χ1n) is 5.22. The van der Waals surface area contributed by atoms with E-state index in [9.17, 15) is 0 Å². The van der Waals surface area contributed by atoms with Crippen LogP contribution >= 0.6 is 0 Å². The molecule has 0 aliphatic carbocycles. The first kappa shape index (κ1) is 10.4. The van der Waals surface area contributed by atoms with Crippen LogP contribution in [-0.2, 0) is 4.74 Å². The Morgan fingerprint density at radius 3 is 3.20 bits per heavy atom. The van der Waals surface area contributed by atoms with Gasteiger partial charge < -0.3 is 15.2 Å². The molecule has 2 atom stereocenters. The predicted octanol–water partition coefficient (Wildman–Crippen LogP) is 1.27. The van der Waals surface area contributed by atoms with E-state index < -0.39 is 0 Å². The lowest BCUT2D eigenvalue weighted by atomic mass is 10.1. The van der Waals surface area contributed by atoms with E-state index >= 15 is 0 Å². The van der Waals surface area contributed by atoms with Crippen LogP contribution in [-0.4, -0.2) is 24.3 Å². The third-order valence-electron chi connectivity index (χ3n) is 2.46. The van der Waals surface area contributed by atoms with Gasteiger partial charge in [0.15, 0.2) is 0 Å². The van der Waals surface area contributed by atoms with Crippen molar-refractivity contribution in [2.24, 2.45) is 5.73 Å². The van der Waals surface area contributed by atoms with Gasteiger partial charge in [-0.05, 0) is 13.0 Å². The topological polar surface area (TPSA) is 57.4 Å². The van der Waals surface area contributed by atoms with Crippen molar-refractivity contribution in [3.63, 3.8) is 0 Å². The summed E-state index contributed by atoms with van der Waals surface area (Å²) < 4.78 is 11.0. The number of hydrogen-bond acceptors (Lipinski definition) is 4. The summed E-state index contributed by atoms with van der Waals surface area (Å²) in [6, 6.07) is 3.76. The molecule has 2 N–H and O–H groups in total. The molecule has 0 amide bonds. The number of aromatic nitrogens is 1. The fourth-order valence-electron chi connectivity index (χ4n) is 1.61. The highest BCUT2D eigenvalue weighted by Gasteiger charge is 2.19. The standard InChI is InChI=1S/C11H16N2O2/c1-8(12)10-3-2-5-13-11(10)15-9-4-6-14-7-9/h2-3,5,8-9H,4,6-7,12H2,1H3/t8-,9+/m0/s1. The van der Waals surface area contributed by atoms with Gasteiger partial charge in [0.05, 0.1) is 13.2 Å². The van der Waals surface area contributed by atoms with Crippen molar-refractivity contribution >= 4 is 0 Å². The van der Waals surface area contributed by atoms with Crippen LogP contribution in [0.1, 0.15) is 24.9 Å². The second-order valence-electron chi connectivity index (χ2n) is 3.79. The Hall–Kier alpha value is -1.13. The van der Waals surface area contributed by atoms with Gasteiger partial charge in [0, 0.05) is 24.2 Å². The number of rotatable bonds is 3. The molecule has 0 spiro atoms. The van der Waals surface area contributed by atoms with Crippen LogP contribution in [0.2, 0.25) is 0 Å². The number of pyridine rings is 1. The van der Waals surface area contributed by atoms with Gasteiger partial charge in [0.2, 0.25) is 5.88 Å². The van der Waals surface area contributed by atoms with E-state index in [1.807, 2.05) is 19.1 Å². The monoisotopic (exact) mass is 208 g/mol. The zero-order valence-corrected chi connectivity index (χ0v) is 8.85. The molecule has 0 aromatic carbocycles. The lowest BCUT2D eigenvalue weighted by molar-refractivity contribution is 0.137. The van der Waals surface area contributed by atoms with Crippen molar-refractivity contribution in [1.82, 2.24) is 4.98 Å². The van der Waals surface area contributed by atoms with Gasteiger partial charge in [-0.1, -0.05) is 6.07 Å². The smallest absolute Gasteiger partial charge is 0.218 e. The summed E-state index contributed by atoms with van der Waals surface area (Å²) >= 11 is 0. The molecule has 0 unspecified atom stereocenters. The van der Waals surface area contributed by atoms with Gasteiger partial charge >= 0.3 is 0 Å². The van der Waals surface area contributed by atoms with Gasteiger partial charge in [-0.15, -0.1) is 0 Å². The summed E-state index contributed by atoms with van der Waals surface area (Å²) in [4.78, 5) is 4.21. The predicted molar refractivity (Wildman–Crippen MR) is 56.7 cm³/mol. The third-order valence-corrected chi connectivity index (χ3v) is 2.46. The minimum Gasteiger partial charge on any atom is -0.472 e. The number of hydrogen-bond donors (Lipinski definition) is 1. The van der Waals surface area contributed by atoms with E-state index in [1.54, 1.807) is 6.20 Å². The Morgan fingerprint density at radius 2 is 2.53 bits per heavy atom. The Balaban J connectivity index is 2.12. The molecule has 1 saturated heterocycles. The van der Waals surface area contributed by atoms with Gasteiger partial charge in [0.1, 0.15) is 6.10 Å². The molecule has 2 heterocycles. The first-order chi connectivity index (χ1) is 7.27. The Morgan fingerprint density at radius 1 is 1.67 bits per heavy atom. The number of nitrogens with zero attached hydrogens (tertiary/aromatic N) is 1. The van der Waals surface area contributed by atoms with E-state index in [4.69, 9.17) is 15.2 Å². The van der Waals surface area contributed by atoms with Crippen molar-refractivity contribution in [1.29, 1.82) is 0 Å². The highest BCUT2D eigenvalue weighted by molar-refractivity contribution is 5.28. The van der Waals surface area contributed by atoms with Gasteiger partial charge in [-0.3, -0.25) is 0 Å². The fraction of sp³-hybridized carbons (Fsp3) is 0.545. The van der Waals surface area contributed by atoms with E-state index in [0.29, 0.717) is 12.5 Å². The van der Waals surface area contributed by atoms with Crippen molar-refractivity contribution in [2.45, 2.75) is 25.5 Å². The van der Waals surface area contributed by atoms with E-state index in [-0.39, 0.29) is 12.1 Å². The molecular formula is C11H16N2O2. The second-order valence-corrected chi connectivity index (χ2v) is 3.79. The maximum Gasteiger partial charge on any atom is 0.218 e. The second kappa shape index (κ2) is 4.59. The molecule has 0 radical (unpaired) electrons. The van der Waals surface area contributed by atoms with E-state index in [0.717, 1.165) is 18.6 Å². The molecule has 0 bridgehead atoms. The molecule has 15 heavy (non-hydrogen) atoms. The number of ether oxygens (including phenoxy) is 2. The summed E-state index contributed by atoms with van der Waals surface area (Å²) in [6.45, 7) is 3.34. The normalized spacial score (nSPS) is 22.7. The van der Waals surface area contributed by atoms with Gasteiger partial charge in [-0.25, -0.2) is 4.98 Å². The van der Waals surface area contributed by atoms with Crippen LogP contribution in [0.15, 0.2) is 18.3 Å². The van der Waals surface area contributed by atoms with Crippen LogP contribution in [0.3, 0.4) is 0 Å². The molecule has 1 aromatic heterocycles. The summed E-state index contributed by atoms with van der Waals surface area (Å²) in [5.41, 5.74) is 6.79. The SMILES string of the molecule is C[C@H](N)c1cccnc1O[C@@H]1CCOC1. The molecule has 4 heteroatoms. The van der Waals surface area contributed by atoms with Crippen molar-refractivity contribution in [2.75, 3.05) is 13.2 Å². The maximum atomic E-state index is 5.84. The molecule has 0 saturated carbocycles. The molecular weight excluding hydrogens is 192 g/mol. The van der Waals surface area contributed by atoms with Crippen molar-refractivity contribution in [3.8, 4) is 5.88 Å². The molecule has 82 valence electrons. The zero-order chi connectivity index (χ0) is 10.7. The minimum atomic E-state index is -0.0592. The summed E-state index contributed by atoms with van der Waals surface area (Å²) in [5.74, 6) is 0.642. The molecule has 1 aliphatic heterocycles. The van der Waals surface area contributed by atoms with Crippen molar-refractivity contribution in [3.05, 3.63) is 23.9 Å². The Labute approximate surface area is 89.4 Å². The van der Waals surface area contributed by atoms with Crippen molar-refractivity contribution < 1.29 is 9.47 Å². The zero-order valence-electron chi connectivity index (χ0n) is 8.85.